The number of hydrogen-bond acceptors (Lipinski definition) is 4. The normalized spacial score (nSPS) is 21.8. The molecule has 1 aliphatic rings. The number of carbonyl (C=O) groups is 1. The van der Waals surface area contributed by atoms with Crippen LogP contribution in [0.15, 0.2) is 35.9 Å². The second-order valence-corrected chi connectivity index (χ2v) is 6.60. The van der Waals surface area contributed by atoms with Crippen molar-refractivity contribution in [3.05, 3.63) is 51.6 Å². The molecule has 5 heteroatoms. The largest absolute Gasteiger partial charge is 0.461 e. The lowest BCUT2D eigenvalue weighted by Gasteiger charge is -2.05. The van der Waals surface area contributed by atoms with Crippen LogP contribution in [0, 0.1) is 27.4 Å². The number of allylic oxidation sites excluding steroid dienone is 2. The maximum Gasteiger partial charge on any atom is 0.310 e. The van der Waals surface area contributed by atoms with Gasteiger partial charge < -0.3 is 4.74 Å². The molecule has 22 heavy (non-hydrogen) atoms. The van der Waals surface area contributed by atoms with E-state index < -0.39 is 4.92 Å². The van der Waals surface area contributed by atoms with Crippen LogP contribution >= 0.6 is 0 Å². The van der Waals surface area contributed by atoms with Gasteiger partial charge in [-0.3, -0.25) is 14.9 Å². The lowest BCUT2D eigenvalue weighted by Crippen LogP contribution is -2.10. The molecule has 0 bridgehead atoms. The van der Waals surface area contributed by atoms with Crippen molar-refractivity contribution >= 4 is 11.7 Å². The van der Waals surface area contributed by atoms with Crippen LogP contribution in [-0.4, -0.2) is 10.9 Å². The predicted molar refractivity (Wildman–Crippen MR) is 83.1 cm³/mol. The molecule has 0 saturated heterocycles. The highest BCUT2D eigenvalue weighted by Gasteiger charge is 2.61. The summed E-state index contributed by atoms with van der Waals surface area (Å²) in [6, 6.07) is 6.04. The van der Waals surface area contributed by atoms with E-state index in [9.17, 15) is 14.9 Å². The van der Waals surface area contributed by atoms with E-state index in [1.165, 1.54) is 17.7 Å². The minimum Gasteiger partial charge on any atom is -0.461 e. The highest BCUT2D eigenvalue weighted by atomic mass is 16.6. The molecule has 1 aromatic carbocycles. The van der Waals surface area contributed by atoms with Crippen molar-refractivity contribution in [2.75, 3.05) is 0 Å². The molecule has 0 N–H and O–H groups in total. The van der Waals surface area contributed by atoms with E-state index in [4.69, 9.17) is 4.74 Å². The van der Waals surface area contributed by atoms with Crippen molar-refractivity contribution in [2.24, 2.45) is 17.3 Å². The van der Waals surface area contributed by atoms with E-state index in [0.717, 1.165) is 5.56 Å². The van der Waals surface area contributed by atoms with Gasteiger partial charge in [0.25, 0.3) is 5.69 Å². The molecule has 0 aromatic heterocycles. The summed E-state index contributed by atoms with van der Waals surface area (Å²) in [6.07, 6.45) is 2.12. The Hall–Kier alpha value is -2.17. The number of benzene rings is 1. The summed E-state index contributed by atoms with van der Waals surface area (Å²) in [5.74, 6) is -0.0897. The van der Waals surface area contributed by atoms with Crippen LogP contribution in [0.4, 0.5) is 5.69 Å². The van der Waals surface area contributed by atoms with Gasteiger partial charge in [0.15, 0.2) is 0 Å². The lowest BCUT2D eigenvalue weighted by atomic mass is 10.1. The van der Waals surface area contributed by atoms with Gasteiger partial charge in [0, 0.05) is 12.1 Å². The Balaban J connectivity index is 1.93. The first-order valence-electron chi connectivity index (χ1n) is 7.28. The number of non-ortho nitro benzene ring substituents is 1. The number of esters is 1. The molecule has 2 unspecified atom stereocenters. The number of nitro benzene ring substituents is 1. The van der Waals surface area contributed by atoms with Crippen LogP contribution in [0.25, 0.3) is 0 Å². The van der Waals surface area contributed by atoms with E-state index in [0.29, 0.717) is 0 Å². The number of nitro groups is 1. The highest BCUT2D eigenvalue weighted by Crippen LogP contribution is 2.59. The molecular formula is C17H21NO4. The van der Waals surface area contributed by atoms with Crippen LogP contribution in [0.5, 0.6) is 0 Å². The molecule has 1 fully saturated rings. The van der Waals surface area contributed by atoms with Crippen molar-refractivity contribution in [1.29, 1.82) is 0 Å². The fraction of sp³-hybridized carbons (Fsp3) is 0.471. The third kappa shape index (κ3) is 3.35. The summed E-state index contributed by atoms with van der Waals surface area (Å²) in [4.78, 5) is 22.3. The standard InChI is InChI=1S/C17H21NO4/c1-11(2)9-14-15(17(14,3)4)16(19)22-10-12-5-7-13(8-6-12)18(20)21/h5-9,14-15H,10H2,1-4H3. The van der Waals surface area contributed by atoms with Crippen molar-refractivity contribution in [3.63, 3.8) is 0 Å². The van der Waals surface area contributed by atoms with E-state index in [1.807, 2.05) is 13.8 Å². The Labute approximate surface area is 130 Å². The minimum atomic E-state index is -0.452. The Bertz CT molecular complexity index is 612. The Morgan fingerprint density at radius 1 is 1.32 bits per heavy atom. The van der Waals surface area contributed by atoms with Crippen LogP contribution in [0.1, 0.15) is 33.3 Å². The number of ether oxygens (including phenoxy) is 1. The molecule has 1 saturated carbocycles. The van der Waals surface area contributed by atoms with Crippen molar-refractivity contribution < 1.29 is 14.5 Å². The third-order valence-corrected chi connectivity index (χ3v) is 4.21. The van der Waals surface area contributed by atoms with E-state index in [2.05, 4.69) is 19.9 Å². The van der Waals surface area contributed by atoms with Gasteiger partial charge in [0.05, 0.1) is 10.8 Å². The van der Waals surface area contributed by atoms with Crippen LogP contribution in [0.3, 0.4) is 0 Å². The smallest absolute Gasteiger partial charge is 0.310 e. The predicted octanol–water partition coefficient (Wildman–Crippen LogP) is 3.88. The molecule has 0 heterocycles. The third-order valence-electron chi connectivity index (χ3n) is 4.21. The summed E-state index contributed by atoms with van der Waals surface area (Å²) in [6.45, 7) is 8.32. The van der Waals surface area contributed by atoms with Crippen molar-refractivity contribution in [2.45, 2.75) is 34.3 Å². The number of nitrogens with zero attached hydrogens (tertiary/aromatic N) is 1. The van der Waals surface area contributed by atoms with Gasteiger partial charge in [-0.15, -0.1) is 0 Å². The average Bonchev–Trinajstić information content (AvgIpc) is 2.96. The Kier molecular flexibility index (Phi) is 4.35. The average molecular weight is 303 g/mol. The maximum absolute atomic E-state index is 12.2. The highest BCUT2D eigenvalue weighted by molar-refractivity contribution is 5.78. The van der Waals surface area contributed by atoms with Crippen LogP contribution < -0.4 is 0 Å². The summed E-state index contributed by atoms with van der Waals surface area (Å²) < 4.78 is 5.36. The topological polar surface area (TPSA) is 69.4 Å². The maximum atomic E-state index is 12.2. The van der Waals surface area contributed by atoms with E-state index >= 15 is 0 Å². The fourth-order valence-electron chi connectivity index (χ4n) is 2.76. The Morgan fingerprint density at radius 3 is 2.41 bits per heavy atom. The van der Waals surface area contributed by atoms with Crippen molar-refractivity contribution in [1.82, 2.24) is 0 Å². The van der Waals surface area contributed by atoms with Crippen molar-refractivity contribution in [3.8, 4) is 0 Å². The molecule has 0 spiro atoms. The van der Waals surface area contributed by atoms with E-state index in [-0.39, 0.29) is 35.5 Å². The molecule has 118 valence electrons. The van der Waals surface area contributed by atoms with E-state index in [1.54, 1.807) is 12.1 Å². The van der Waals surface area contributed by atoms with Crippen LogP contribution in [-0.2, 0) is 16.1 Å². The zero-order valence-corrected chi connectivity index (χ0v) is 13.3. The number of carbonyl (C=O) groups excluding carboxylic acids is 1. The minimum absolute atomic E-state index is 0.0297. The summed E-state index contributed by atoms with van der Waals surface area (Å²) in [7, 11) is 0. The lowest BCUT2D eigenvalue weighted by molar-refractivity contribution is -0.384. The molecule has 0 aliphatic heterocycles. The Morgan fingerprint density at radius 2 is 1.91 bits per heavy atom. The fourth-order valence-corrected chi connectivity index (χ4v) is 2.76. The second kappa shape index (κ2) is 5.91. The zero-order valence-electron chi connectivity index (χ0n) is 13.3. The van der Waals surface area contributed by atoms with Gasteiger partial charge in [-0.25, -0.2) is 0 Å². The summed E-state index contributed by atoms with van der Waals surface area (Å²) in [5.41, 5.74) is 1.91. The SMILES string of the molecule is CC(C)=CC1C(C(=O)OCc2ccc([N+](=O)[O-])cc2)C1(C)C. The van der Waals surface area contributed by atoms with Gasteiger partial charge in [0.1, 0.15) is 6.61 Å². The van der Waals surface area contributed by atoms with Gasteiger partial charge in [-0.2, -0.15) is 0 Å². The van der Waals surface area contributed by atoms with Gasteiger partial charge >= 0.3 is 5.97 Å². The molecular weight excluding hydrogens is 282 g/mol. The molecule has 5 nitrogen and oxygen atoms in total. The molecule has 1 aliphatic carbocycles. The summed E-state index contributed by atoms with van der Waals surface area (Å²) in [5, 5.41) is 10.6. The first kappa shape index (κ1) is 16.2. The van der Waals surface area contributed by atoms with Crippen LogP contribution in [0.2, 0.25) is 0 Å². The van der Waals surface area contributed by atoms with Gasteiger partial charge in [-0.05, 0) is 42.9 Å². The molecule has 1 aromatic rings. The van der Waals surface area contributed by atoms with Gasteiger partial charge in [0.2, 0.25) is 0 Å². The molecule has 2 atom stereocenters. The monoisotopic (exact) mass is 303 g/mol. The summed E-state index contributed by atoms with van der Waals surface area (Å²) >= 11 is 0. The second-order valence-electron chi connectivity index (χ2n) is 6.60. The number of hydrogen-bond donors (Lipinski definition) is 0. The number of rotatable bonds is 5. The zero-order chi connectivity index (χ0) is 16.5. The molecule has 0 radical (unpaired) electrons. The molecule has 2 rings (SSSR count). The quantitative estimate of drug-likeness (QED) is 0.358. The first-order chi connectivity index (χ1) is 10.2. The van der Waals surface area contributed by atoms with Gasteiger partial charge in [-0.1, -0.05) is 25.5 Å². The molecule has 0 amide bonds. The first-order valence-corrected chi connectivity index (χ1v) is 7.28.